The van der Waals surface area contributed by atoms with Crippen LogP contribution in [-0.2, 0) is 11.2 Å². The third kappa shape index (κ3) is 4.67. The summed E-state index contributed by atoms with van der Waals surface area (Å²) < 4.78 is 5.44. The number of benzene rings is 1. The van der Waals surface area contributed by atoms with Crippen LogP contribution in [-0.4, -0.2) is 24.4 Å². The highest BCUT2D eigenvalue weighted by atomic mass is 16.5. The maximum Gasteiger partial charge on any atom is 0.118 e. The Labute approximate surface area is 122 Å². The van der Waals surface area contributed by atoms with Crippen molar-refractivity contribution in [2.24, 2.45) is 5.92 Å². The van der Waals surface area contributed by atoms with E-state index in [-0.39, 0.29) is 18.1 Å². The lowest BCUT2D eigenvalue weighted by molar-refractivity contribution is 0.0962. The summed E-state index contributed by atoms with van der Waals surface area (Å²) in [6.45, 7) is 0. The van der Waals surface area contributed by atoms with Crippen LogP contribution in [0.2, 0.25) is 0 Å². The first-order valence-electron chi connectivity index (χ1n) is 7.55. The zero-order valence-electron chi connectivity index (χ0n) is 12.2. The standard InChI is InChI=1S/C18H24O2/c1-20-17(13-11-15-7-3-2-4-8-15)14-12-16-9-5-6-10-18(16)19/h2-4,7-8,16-19H,5-6,9-11,13H2,1H3/t16-,17?,18-/m1/s1. The van der Waals surface area contributed by atoms with Gasteiger partial charge in [0.05, 0.1) is 6.10 Å². The van der Waals surface area contributed by atoms with Gasteiger partial charge in [0, 0.05) is 13.0 Å². The second-order valence-electron chi connectivity index (χ2n) is 5.50. The van der Waals surface area contributed by atoms with Crippen molar-refractivity contribution in [1.82, 2.24) is 0 Å². The molecule has 0 aliphatic heterocycles. The molecule has 1 unspecified atom stereocenters. The van der Waals surface area contributed by atoms with Crippen molar-refractivity contribution in [3.63, 3.8) is 0 Å². The lowest BCUT2D eigenvalue weighted by Crippen LogP contribution is -2.23. The van der Waals surface area contributed by atoms with Crippen LogP contribution in [0.5, 0.6) is 0 Å². The maximum atomic E-state index is 9.92. The van der Waals surface area contributed by atoms with E-state index in [4.69, 9.17) is 4.74 Å². The molecule has 0 aromatic heterocycles. The molecule has 0 bridgehead atoms. The molecule has 1 N–H and O–H groups in total. The Balaban J connectivity index is 1.86. The van der Waals surface area contributed by atoms with Gasteiger partial charge >= 0.3 is 0 Å². The molecule has 1 aromatic rings. The van der Waals surface area contributed by atoms with Gasteiger partial charge in [0.2, 0.25) is 0 Å². The van der Waals surface area contributed by atoms with Gasteiger partial charge in [-0.1, -0.05) is 55.0 Å². The first kappa shape index (κ1) is 15.1. The van der Waals surface area contributed by atoms with E-state index in [2.05, 4.69) is 36.1 Å². The smallest absolute Gasteiger partial charge is 0.118 e. The molecule has 0 spiro atoms. The van der Waals surface area contributed by atoms with Gasteiger partial charge in [-0.25, -0.2) is 0 Å². The largest absolute Gasteiger partial charge is 0.392 e. The predicted molar refractivity (Wildman–Crippen MR) is 81.3 cm³/mol. The minimum absolute atomic E-state index is 0.0377. The third-order valence-electron chi connectivity index (χ3n) is 3.98. The van der Waals surface area contributed by atoms with Crippen molar-refractivity contribution >= 4 is 0 Å². The zero-order valence-corrected chi connectivity index (χ0v) is 12.2. The molecular formula is C18H24O2. The Morgan fingerprint density at radius 3 is 2.70 bits per heavy atom. The summed E-state index contributed by atoms with van der Waals surface area (Å²) in [6.07, 6.45) is 5.80. The Bertz CT molecular complexity index is 443. The van der Waals surface area contributed by atoms with Gasteiger partial charge in [-0.3, -0.25) is 0 Å². The quantitative estimate of drug-likeness (QED) is 0.853. The SMILES string of the molecule is COC(C#C[C@H]1CCCC[C@H]1O)CCc1ccccc1. The number of aliphatic hydroxyl groups is 1. The molecular weight excluding hydrogens is 248 g/mol. The fourth-order valence-corrected chi connectivity index (χ4v) is 2.67. The van der Waals surface area contributed by atoms with E-state index in [1.54, 1.807) is 7.11 Å². The normalized spacial score (nSPS) is 23.7. The topological polar surface area (TPSA) is 29.5 Å². The molecule has 1 aliphatic rings. The van der Waals surface area contributed by atoms with Gasteiger partial charge < -0.3 is 9.84 Å². The second-order valence-corrected chi connectivity index (χ2v) is 5.50. The molecule has 1 aromatic carbocycles. The fraction of sp³-hybridized carbons (Fsp3) is 0.556. The highest BCUT2D eigenvalue weighted by Gasteiger charge is 2.21. The molecule has 0 radical (unpaired) electrons. The van der Waals surface area contributed by atoms with Gasteiger partial charge in [-0.2, -0.15) is 0 Å². The van der Waals surface area contributed by atoms with E-state index in [1.165, 1.54) is 12.0 Å². The van der Waals surface area contributed by atoms with Gasteiger partial charge in [0.25, 0.3) is 0 Å². The lowest BCUT2D eigenvalue weighted by Gasteiger charge is -2.23. The molecule has 2 rings (SSSR count). The Kier molecular flexibility index (Phi) is 6.11. The molecule has 1 aliphatic carbocycles. The van der Waals surface area contributed by atoms with Gasteiger partial charge in [0.1, 0.15) is 6.10 Å². The monoisotopic (exact) mass is 272 g/mol. The maximum absolute atomic E-state index is 9.92. The van der Waals surface area contributed by atoms with Crippen molar-refractivity contribution in [3.8, 4) is 11.8 Å². The molecule has 2 heteroatoms. The van der Waals surface area contributed by atoms with Crippen LogP contribution in [0.15, 0.2) is 30.3 Å². The van der Waals surface area contributed by atoms with Crippen molar-refractivity contribution in [1.29, 1.82) is 0 Å². The van der Waals surface area contributed by atoms with Crippen LogP contribution < -0.4 is 0 Å². The first-order valence-corrected chi connectivity index (χ1v) is 7.55. The summed E-state index contributed by atoms with van der Waals surface area (Å²) in [5.74, 6) is 6.58. The average molecular weight is 272 g/mol. The minimum Gasteiger partial charge on any atom is -0.392 e. The van der Waals surface area contributed by atoms with Crippen LogP contribution in [0.25, 0.3) is 0 Å². The summed E-state index contributed by atoms with van der Waals surface area (Å²) in [4.78, 5) is 0. The number of methoxy groups -OCH3 is 1. The minimum atomic E-state index is -0.247. The van der Waals surface area contributed by atoms with Crippen LogP contribution in [0.1, 0.15) is 37.7 Å². The average Bonchev–Trinajstić information content (AvgIpc) is 2.50. The third-order valence-corrected chi connectivity index (χ3v) is 3.98. The first-order chi connectivity index (χ1) is 9.79. The molecule has 1 saturated carbocycles. The van der Waals surface area contributed by atoms with E-state index in [9.17, 15) is 5.11 Å². The highest BCUT2D eigenvalue weighted by molar-refractivity contribution is 5.16. The Morgan fingerprint density at radius 1 is 1.25 bits per heavy atom. The number of ether oxygens (including phenoxy) is 1. The second kappa shape index (κ2) is 8.09. The van der Waals surface area contributed by atoms with Crippen LogP contribution in [0.4, 0.5) is 0 Å². The summed E-state index contributed by atoms with van der Waals surface area (Å²) in [5.41, 5.74) is 1.31. The van der Waals surface area contributed by atoms with Crippen molar-refractivity contribution < 1.29 is 9.84 Å². The number of hydrogen-bond acceptors (Lipinski definition) is 2. The van der Waals surface area contributed by atoms with Gasteiger partial charge in [0.15, 0.2) is 0 Å². The predicted octanol–water partition coefficient (Wildman–Crippen LogP) is 3.19. The lowest BCUT2D eigenvalue weighted by atomic mass is 9.87. The van der Waals surface area contributed by atoms with E-state index < -0.39 is 0 Å². The number of aryl methyl sites for hydroxylation is 1. The Hall–Kier alpha value is -1.30. The van der Waals surface area contributed by atoms with Gasteiger partial charge in [-0.15, -0.1) is 0 Å². The highest BCUT2D eigenvalue weighted by Crippen LogP contribution is 2.23. The molecule has 0 amide bonds. The van der Waals surface area contributed by atoms with Crippen molar-refractivity contribution in [2.75, 3.05) is 7.11 Å². The number of rotatable bonds is 4. The number of aliphatic hydroxyl groups excluding tert-OH is 1. The van der Waals surface area contributed by atoms with Crippen molar-refractivity contribution in [3.05, 3.63) is 35.9 Å². The van der Waals surface area contributed by atoms with Crippen LogP contribution in [0.3, 0.4) is 0 Å². The van der Waals surface area contributed by atoms with Crippen molar-refractivity contribution in [2.45, 2.75) is 50.7 Å². The molecule has 0 saturated heterocycles. The zero-order chi connectivity index (χ0) is 14.2. The molecule has 20 heavy (non-hydrogen) atoms. The van der Waals surface area contributed by atoms with E-state index >= 15 is 0 Å². The molecule has 3 atom stereocenters. The summed E-state index contributed by atoms with van der Waals surface area (Å²) in [7, 11) is 1.71. The van der Waals surface area contributed by atoms with Crippen LogP contribution >= 0.6 is 0 Å². The van der Waals surface area contributed by atoms with E-state index in [1.807, 2.05) is 6.07 Å². The molecule has 2 nitrogen and oxygen atoms in total. The fourth-order valence-electron chi connectivity index (χ4n) is 2.67. The van der Waals surface area contributed by atoms with E-state index in [0.29, 0.717) is 0 Å². The van der Waals surface area contributed by atoms with Gasteiger partial charge in [-0.05, 0) is 31.2 Å². The molecule has 108 valence electrons. The summed E-state index contributed by atoms with van der Waals surface area (Å²) >= 11 is 0. The summed E-state index contributed by atoms with van der Waals surface area (Å²) in [5, 5.41) is 9.92. The number of hydrogen-bond donors (Lipinski definition) is 1. The molecule has 1 fully saturated rings. The van der Waals surface area contributed by atoms with E-state index in [0.717, 1.165) is 32.1 Å². The molecule has 0 heterocycles. The van der Waals surface area contributed by atoms with Crippen LogP contribution in [0, 0.1) is 17.8 Å². The Morgan fingerprint density at radius 2 is 2.00 bits per heavy atom. The summed E-state index contributed by atoms with van der Waals surface area (Å²) in [6, 6.07) is 10.4.